The van der Waals surface area contributed by atoms with Gasteiger partial charge in [0.15, 0.2) is 0 Å². The molecule has 0 radical (unpaired) electrons. The fourth-order valence-electron chi connectivity index (χ4n) is 2.56. The molecule has 0 unspecified atom stereocenters. The van der Waals surface area contributed by atoms with Crippen LogP contribution in [0.4, 0.5) is 0 Å². The summed E-state index contributed by atoms with van der Waals surface area (Å²) in [6.07, 6.45) is 3.54. The summed E-state index contributed by atoms with van der Waals surface area (Å²) in [5.74, 6) is -0.00942. The molecule has 0 spiro atoms. The number of nitriles is 1. The molecule has 0 aromatic carbocycles. The Kier molecular flexibility index (Phi) is 4.98. The molecule has 0 saturated heterocycles. The standard InChI is InChI=1S/C15H27N3O/c1-11(2)15(5,10-16)18-13(19)9-17-12-7-6-8-14(12,3)4/h11-12,17H,6-9H2,1-5H3,(H,18,19)/t12-,15-/m1/s1. The minimum Gasteiger partial charge on any atom is -0.337 e. The molecule has 108 valence electrons. The lowest BCUT2D eigenvalue weighted by Crippen LogP contribution is -2.52. The van der Waals surface area contributed by atoms with Gasteiger partial charge in [-0.05, 0) is 31.1 Å². The van der Waals surface area contributed by atoms with Crippen LogP contribution in [-0.4, -0.2) is 24.0 Å². The number of carbonyl (C=O) groups is 1. The van der Waals surface area contributed by atoms with Gasteiger partial charge < -0.3 is 10.6 Å². The van der Waals surface area contributed by atoms with Crippen LogP contribution in [0.2, 0.25) is 0 Å². The summed E-state index contributed by atoms with van der Waals surface area (Å²) in [6.45, 7) is 10.4. The van der Waals surface area contributed by atoms with Gasteiger partial charge >= 0.3 is 0 Å². The smallest absolute Gasteiger partial charge is 0.235 e. The van der Waals surface area contributed by atoms with Gasteiger partial charge in [-0.2, -0.15) is 5.26 Å². The van der Waals surface area contributed by atoms with Crippen LogP contribution in [-0.2, 0) is 4.79 Å². The van der Waals surface area contributed by atoms with E-state index in [1.165, 1.54) is 12.8 Å². The van der Waals surface area contributed by atoms with Crippen molar-refractivity contribution >= 4 is 5.91 Å². The molecule has 19 heavy (non-hydrogen) atoms. The second-order valence-corrected chi connectivity index (χ2v) is 6.83. The summed E-state index contributed by atoms with van der Waals surface area (Å²) < 4.78 is 0. The summed E-state index contributed by atoms with van der Waals surface area (Å²) in [4.78, 5) is 12.0. The average molecular weight is 265 g/mol. The van der Waals surface area contributed by atoms with Crippen molar-refractivity contribution in [2.45, 2.75) is 65.5 Å². The highest BCUT2D eigenvalue weighted by molar-refractivity contribution is 5.79. The van der Waals surface area contributed by atoms with E-state index in [4.69, 9.17) is 0 Å². The Morgan fingerprint density at radius 3 is 2.58 bits per heavy atom. The topological polar surface area (TPSA) is 64.9 Å². The highest BCUT2D eigenvalue weighted by Gasteiger charge is 2.35. The summed E-state index contributed by atoms with van der Waals surface area (Å²) in [5, 5.41) is 15.3. The first-order valence-corrected chi connectivity index (χ1v) is 7.17. The second kappa shape index (κ2) is 5.92. The lowest BCUT2D eigenvalue weighted by Gasteiger charge is -2.30. The molecule has 4 nitrogen and oxygen atoms in total. The fourth-order valence-corrected chi connectivity index (χ4v) is 2.56. The van der Waals surface area contributed by atoms with Gasteiger partial charge in [-0.1, -0.05) is 34.1 Å². The largest absolute Gasteiger partial charge is 0.337 e. The van der Waals surface area contributed by atoms with Crippen LogP contribution in [0.15, 0.2) is 0 Å². The van der Waals surface area contributed by atoms with E-state index >= 15 is 0 Å². The Hall–Kier alpha value is -1.08. The predicted molar refractivity (Wildman–Crippen MR) is 76.4 cm³/mol. The Labute approximate surface area is 116 Å². The number of carbonyl (C=O) groups excluding carboxylic acids is 1. The van der Waals surface area contributed by atoms with Crippen molar-refractivity contribution in [3.05, 3.63) is 0 Å². The monoisotopic (exact) mass is 265 g/mol. The molecule has 1 saturated carbocycles. The maximum atomic E-state index is 12.0. The molecule has 0 aromatic heterocycles. The quantitative estimate of drug-likeness (QED) is 0.801. The zero-order chi connectivity index (χ0) is 14.7. The number of hydrogen-bond acceptors (Lipinski definition) is 3. The molecular formula is C15H27N3O. The van der Waals surface area contributed by atoms with Crippen molar-refractivity contribution in [3.8, 4) is 6.07 Å². The zero-order valence-electron chi connectivity index (χ0n) is 12.8. The Bertz CT molecular complexity index is 370. The first kappa shape index (κ1) is 16.0. The van der Waals surface area contributed by atoms with E-state index < -0.39 is 5.54 Å². The molecule has 0 aliphatic heterocycles. The fraction of sp³-hybridized carbons (Fsp3) is 0.867. The Morgan fingerprint density at radius 2 is 2.16 bits per heavy atom. The molecule has 0 aromatic rings. The van der Waals surface area contributed by atoms with Gasteiger partial charge in [0.05, 0.1) is 12.6 Å². The van der Waals surface area contributed by atoms with E-state index in [1.54, 1.807) is 6.92 Å². The van der Waals surface area contributed by atoms with Gasteiger partial charge in [-0.25, -0.2) is 0 Å². The van der Waals surface area contributed by atoms with Gasteiger partial charge in [-0.15, -0.1) is 0 Å². The molecule has 1 fully saturated rings. The summed E-state index contributed by atoms with van der Waals surface area (Å²) in [5.41, 5.74) is -0.527. The van der Waals surface area contributed by atoms with Crippen LogP contribution >= 0.6 is 0 Å². The summed E-state index contributed by atoms with van der Waals surface area (Å²) in [6, 6.07) is 2.59. The van der Waals surface area contributed by atoms with Crippen molar-refractivity contribution in [2.75, 3.05) is 6.54 Å². The number of nitrogens with one attached hydrogen (secondary N) is 2. The highest BCUT2D eigenvalue weighted by atomic mass is 16.2. The summed E-state index contributed by atoms with van der Waals surface area (Å²) >= 11 is 0. The van der Waals surface area contributed by atoms with E-state index in [0.717, 1.165) is 6.42 Å². The normalized spacial score (nSPS) is 24.8. The van der Waals surface area contributed by atoms with E-state index in [1.807, 2.05) is 13.8 Å². The highest BCUT2D eigenvalue weighted by Crippen LogP contribution is 2.36. The molecule has 2 atom stereocenters. The van der Waals surface area contributed by atoms with Gasteiger partial charge in [-0.3, -0.25) is 4.79 Å². The maximum Gasteiger partial charge on any atom is 0.235 e. The Balaban J connectivity index is 2.47. The van der Waals surface area contributed by atoms with Crippen molar-refractivity contribution in [2.24, 2.45) is 11.3 Å². The lowest BCUT2D eigenvalue weighted by molar-refractivity contribution is -0.122. The van der Waals surface area contributed by atoms with E-state index in [2.05, 4.69) is 30.6 Å². The van der Waals surface area contributed by atoms with Crippen molar-refractivity contribution in [1.82, 2.24) is 10.6 Å². The van der Waals surface area contributed by atoms with Gasteiger partial charge in [0.25, 0.3) is 0 Å². The zero-order valence-corrected chi connectivity index (χ0v) is 12.8. The minimum absolute atomic E-state index is 0.0874. The van der Waals surface area contributed by atoms with Crippen molar-refractivity contribution in [3.63, 3.8) is 0 Å². The molecule has 1 amide bonds. The molecule has 0 bridgehead atoms. The predicted octanol–water partition coefficient (Wildman–Crippen LogP) is 2.21. The minimum atomic E-state index is -0.788. The van der Waals surface area contributed by atoms with E-state index in [9.17, 15) is 10.1 Å². The SMILES string of the molecule is CC(C)[C@@](C)(C#N)NC(=O)CN[C@@H]1CCCC1(C)C. The third-order valence-corrected chi connectivity index (χ3v) is 4.55. The average Bonchev–Trinajstić information content (AvgIpc) is 2.65. The van der Waals surface area contributed by atoms with Crippen LogP contribution in [0.3, 0.4) is 0 Å². The maximum absolute atomic E-state index is 12.0. The lowest BCUT2D eigenvalue weighted by atomic mass is 9.87. The first-order chi connectivity index (χ1) is 8.71. The molecule has 4 heteroatoms. The van der Waals surface area contributed by atoms with Gasteiger partial charge in [0.2, 0.25) is 5.91 Å². The molecule has 1 rings (SSSR count). The van der Waals surface area contributed by atoms with Crippen molar-refractivity contribution < 1.29 is 4.79 Å². The van der Waals surface area contributed by atoms with Crippen LogP contribution < -0.4 is 10.6 Å². The van der Waals surface area contributed by atoms with Crippen LogP contribution in [0.1, 0.15) is 53.9 Å². The van der Waals surface area contributed by atoms with Crippen LogP contribution in [0.25, 0.3) is 0 Å². The number of rotatable bonds is 5. The van der Waals surface area contributed by atoms with Crippen LogP contribution in [0, 0.1) is 22.7 Å². The van der Waals surface area contributed by atoms with Crippen molar-refractivity contribution in [1.29, 1.82) is 5.26 Å². The molecule has 1 aliphatic rings. The number of nitrogens with zero attached hydrogens (tertiary/aromatic N) is 1. The van der Waals surface area contributed by atoms with E-state index in [0.29, 0.717) is 6.04 Å². The Morgan fingerprint density at radius 1 is 1.53 bits per heavy atom. The molecular weight excluding hydrogens is 238 g/mol. The van der Waals surface area contributed by atoms with E-state index in [-0.39, 0.29) is 23.8 Å². The third-order valence-electron chi connectivity index (χ3n) is 4.55. The van der Waals surface area contributed by atoms with Gasteiger partial charge in [0, 0.05) is 6.04 Å². The third kappa shape index (κ3) is 3.94. The van der Waals surface area contributed by atoms with Crippen LogP contribution in [0.5, 0.6) is 0 Å². The molecule has 0 heterocycles. The number of amides is 1. The van der Waals surface area contributed by atoms with Gasteiger partial charge in [0.1, 0.15) is 5.54 Å². The second-order valence-electron chi connectivity index (χ2n) is 6.83. The first-order valence-electron chi connectivity index (χ1n) is 7.17. The summed E-state index contributed by atoms with van der Waals surface area (Å²) in [7, 11) is 0. The molecule has 2 N–H and O–H groups in total. The molecule has 1 aliphatic carbocycles. The number of hydrogen-bond donors (Lipinski definition) is 2.